The molecule has 1 atom stereocenters. The summed E-state index contributed by atoms with van der Waals surface area (Å²) in [5.74, 6) is 0.842. The number of hydrogen-bond donors (Lipinski definition) is 3. The molecular formula is C16H36N2O2. The first-order valence-electron chi connectivity index (χ1n) is 8.33. The van der Waals surface area contributed by atoms with Crippen LogP contribution in [0, 0.1) is 5.92 Å². The third kappa shape index (κ3) is 15.9. The predicted molar refractivity (Wildman–Crippen MR) is 85.9 cm³/mol. The van der Waals surface area contributed by atoms with E-state index in [9.17, 15) is 5.11 Å². The van der Waals surface area contributed by atoms with Crippen molar-refractivity contribution in [1.29, 1.82) is 0 Å². The third-order valence-electron chi connectivity index (χ3n) is 3.33. The van der Waals surface area contributed by atoms with Crippen molar-refractivity contribution >= 4 is 0 Å². The maximum Gasteiger partial charge on any atom is 0.0897 e. The second-order valence-corrected chi connectivity index (χ2v) is 6.03. The summed E-state index contributed by atoms with van der Waals surface area (Å²) in [5, 5.41) is 12.7. The Morgan fingerprint density at radius 1 is 1.05 bits per heavy atom. The standard InChI is InChI=1S/C16H36N2O2/c1-15(2)9-7-5-3-4-6-8-12-20-14-16(19)13-18-11-10-17/h15-16,18-19H,3-14,17H2,1-2H3. The minimum absolute atomic E-state index is 0.419. The molecule has 0 spiro atoms. The lowest BCUT2D eigenvalue weighted by Crippen LogP contribution is -2.33. The molecule has 0 saturated heterocycles. The molecule has 0 amide bonds. The largest absolute Gasteiger partial charge is 0.389 e. The fraction of sp³-hybridized carbons (Fsp3) is 1.00. The summed E-state index contributed by atoms with van der Waals surface area (Å²) < 4.78 is 5.46. The van der Waals surface area contributed by atoms with E-state index in [2.05, 4.69) is 19.2 Å². The molecule has 1 unspecified atom stereocenters. The molecule has 0 aliphatic heterocycles. The van der Waals surface area contributed by atoms with Crippen molar-refractivity contribution in [3.05, 3.63) is 0 Å². The zero-order chi connectivity index (χ0) is 15.1. The van der Waals surface area contributed by atoms with Crippen LogP contribution < -0.4 is 11.1 Å². The van der Waals surface area contributed by atoms with Gasteiger partial charge in [-0.3, -0.25) is 0 Å². The van der Waals surface area contributed by atoms with Gasteiger partial charge in [-0.05, 0) is 12.3 Å². The van der Waals surface area contributed by atoms with Crippen LogP contribution in [-0.4, -0.2) is 44.1 Å². The van der Waals surface area contributed by atoms with Crippen molar-refractivity contribution in [2.24, 2.45) is 11.7 Å². The van der Waals surface area contributed by atoms with E-state index in [0.29, 0.717) is 19.7 Å². The van der Waals surface area contributed by atoms with Crippen LogP contribution in [0.4, 0.5) is 0 Å². The summed E-state index contributed by atoms with van der Waals surface area (Å²) in [4.78, 5) is 0. The highest BCUT2D eigenvalue weighted by molar-refractivity contribution is 4.58. The van der Waals surface area contributed by atoms with Gasteiger partial charge in [0.25, 0.3) is 0 Å². The van der Waals surface area contributed by atoms with E-state index in [0.717, 1.165) is 25.5 Å². The normalized spacial score (nSPS) is 13.1. The Labute approximate surface area is 125 Å². The van der Waals surface area contributed by atoms with Crippen molar-refractivity contribution in [2.45, 2.75) is 64.9 Å². The lowest BCUT2D eigenvalue weighted by molar-refractivity contribution is 0.0356. The van der Waals surface area contributed by atoms with E-state index in [-0.39, 0.29) is 0 Å². The van der Waals surface area contributed by atoms with E-state index < -0.39 is 6.10 Å². The number of nitrogens with two attached hydrogens (primary N) is 1. The number of nitrogens with one attached hydrogen (secondary N) is 1. The summed E-state index contributed by atoms with van der Waals surface area (Å²) in [6, 6.07) is 0. The van der Waals surface area contributed by atoms with Gasteiger partial charge >= 0.3 is 0 Å². The van der Waals surface area contributed by atoms with Gasteiger partial charge in [0, 0.05) is 26.2 Å². The minimum atomic E-state index is -0.419. The van der Waals surface area contributed by atoms with Gasteiger partial charge in [-0.2, -0.15) is 0 Å². The molecule has 20 heavy (non-hydrogen) atoms. The van der Waals surface area contributed by atoms with Gasteiger partial charge in [0.05, 0.1) is 12.7 Å². The first kappa shape index (κ1) is 19.8. The van der Waals surface area contributed by atoms with Gasteiger partial charge in [-0.1, -0.05) is 52.4 Å². The molecular weight excluding hydrogens is 252 g/mol. The summed E-state index contributed by atoms with van der Waals surface area (Å²) >= 11 is 0. The molecule has 122 valence electrons. The number of rotatable bonds is 15. The maximum absolute atomic E-state index is 9.59. The van der Waals surface area contributed by atoms with Gasteiger partial charge < -0.3 is 20.9 Å². The van der Waals surface area contributed by atoms with Crippen LogP contribution in [0.5, 0.6) is 0 Å². The van der Waals surface area contributed by atoms with E-state index in [1.807, 2.05) is 0 Å². The van der Waals surface area contributed by atoms with Gasteiger partial charge in [-0.15, -0.1) is 0 Å². The van der Waals surface area contributed by atoms with Crippen molar-refractivity contribution in [2.75, 3.05) is 32.8 Å². The van der Waals surface area contributed by atoms with Crippen LogP contribution in [0.15, 0.2) is 0 Å². The van der Waals surface area contributed by atoms with Crippen LogP contribution in [0.3, 0.4) is 0 Å². The molecule has 0 aliphatic carbocycles. The van der Waals surface area contributed by atoms with Crippen molar-refractivity contribution in [3.63, 3.8) is 0 Å². The molecule has 0 aromatic carbocycles. The molecule has 0 bridgehead atoms. The predicted octanol–water partition coefficient (Wildman–Crippen LogP) is 2.30. The second kappa shape index (κ2) is 15.2. The Kier molecular flexibility index (Phi) is 15.1. The first-order chi connectivity index (χ1) is 9.66. The fourth-order valence-corrected chi connectivity index (χ4v) is 2.11. The molecule has 4 N–H and O–H groups in total. The van der Waals surface area contributed by atoms with Crippen LogP contribution in [0.1, 0.15) is 58.8 Å². The quantitative estimate of drug-likeness (QED) is 0.405. The second-order valence-electron chi connectivity index (χ2n) is 6.03. The SMILES string of the molecule is CC(C)CCCCCCCCOCC(O)CNCCN. The van der Waals surface area contributed by atoms with E-state index in [1.165, 1.54) is 38.5 Å². The molecule has 0 fully saturated rings. The number of ether oxygens (including phenoxy) is 1. The molecule has 0 saturated carbocycles. The summed E-state index contributed by atoms with van der Waals surface area (Å²) in [6.07, 6.45) is 8.68. The minimum Gasteiger partial charge on any atom is -0.389 e. The molecule has 0 rings (SSSR count). The monoisotopic (exact) mass is 288 g/mol. The van der Waals surface area contributed by atoms with Crippen LogP contribution in [0.2, 0.25) is 0 Å². The van der Waals surface area contributed by atoms with Gasteiger partial charge in [0.1, 0.15) is 0 Å². The van der Waals surface area contributed by atoms with Crippen LogP contribution >= 0.6 is 0 Å². The molecule has 4 heteroatoms. The molecule has 0 aromatic heterocycles. The number of unbranched alkanes of at least 4 members (excludes halogenated alkanes) is 5. The van der Waals surface area contributed by atoms with Gasteiger partial charge in [0.2, 0.25) is 0 Å². The third-order valence-corrected chi connectivity index (χ3v) is 3.33. The van der Waals surface area contributed by atoms with Crippen molar-refractivity contribution in [3.8, 4) is 0 Å². The molecule has 4 nitrogen and oxygen atoms in total. The lowest BCUT2D eigenvalue weighted by atomic mass is 10.0. The molecule has 0 aromatic rings. The van der Waals surface area contributed by atoms with Crippen LogP contribution in [-0.2, 0) is 4.74 Å². The van der Waals surface area contributed by atoms with E-state index >= 15 is 0 Å². The zero-order valence-electron chi connectivity index (χ0n) is 13.6. The lowest BCUT2D eigenvalue weighted by Gasteiger charge is -2.11. The number of hydrogen-bond acceptors (Lipinski definition) is 4. The van der Waals surface area contributed by atoms with E-state index in [4.69, 9.17) is 10.5 Å². The fourth-order valence-electron chi connectivity index (χ4n) is 2.11. The van der Waals surface area contributed by atoms with Crippen molar-refractivity contribution in [1.82, 2.24) is 5.32 Å². The molecule has 0 aliphatic rings. The Hall–Kier alpha value is -0.160. The Balaban J connectivity index is 3.09. The van der Waals surface area contributed by atoms with E-state index in [1.54, 1.807) is 0 Å². The highest BCUT2D eigenvalue weighted by Crippen LogP contribution is 2.11. The summed E-state index contributed by atoms with van der Waals surface area (Å²) in [7, 11) is 0. The highest BCUT2D eigenvalue weighted by Gasteiger charge is 2.02. The van der Waals surface area contributed by atoms with Gasteiger partial charge in [-0.25, -0.2) is 0 Å². The smallest absolute Gasteiger partial charge is 0.0897 e. The topological polar surface area (TPSA) is 67.5 Å². The van der Waals surface area contributed by atoms with Gasteiger partial charge in [0.15, 0.2) is 0 Å². The molecule has 0 heterocycles. The maximum atomic E-state index is 9.59. The molecule has 0 radical (unpaired) electrons. The Bertz CT molecular complexity index is 189. The summed E-state index contributed by atoms with van der Waals surface area (Å²) in [6.45, 7) is 7.67. The number of aliphatic hydroxyl groups is 1. The Morgan fingerprint density at radius 2 is 1.70 bits per heavy atom. The Morgan fingerprint density at radius 3 is 2.35 bits per heavy atom. The average Bonchev–Trinajstić information content (AvgIpc) is 2.41. The number of aliphatic hydroxyl groups excluding tert-OH is 1. The highest BCUT2D eigenvalue weighted by atomic mass is 16.5. The first-order valence-corrected chi connectivity index (χ1v) is 8.33. The summed E-state index contributed by atoms with van der Waals surface area (Å²) in [5.41, 5.74) is 5.35. The van der Waals surface area contributed by atoms with Crippen molar-refractivity contribution < 1.29 is 9.84 Å². The zero-order valence-corrected chi connectivity index (χ0v) is 13.6. The average molecular weight is 288 g/mol. The van der Waals surface area contributed by atoms with Crippen LogP contribution in [0.25, 0.3) is 0 Å².